The van der Waals surface area contributed by atoms with Gasteiger partial charge in [-0.3, -0.25) is 0 Å². The second kappa shape index (κ2) is 19.6. The van der Waals surface area contributed by atoms with Crippen molar-refractivity contribution in [2.75, 3.05) is 0 Å². The Labute approximate surface area is 118 Å². The van der Waals surface area contributed by atoms with Gasteiger partial charge in [0.1, 0.15) is 0 Å². The summed E-state index contributed by atoms with van der Waals surface area (Å²) >= 11 is 0. The van der Waals surface area contributed by atoms with Gasteiger partial charge in [0.2, 0.25) is 0 Å². The molecule has 118 valence electrons. The Morgan fingerprint density at radius 3 is 1.47 bits per heavy atom. The molecule has 0 aliphatic carbocycles. The lowest BCUT2D eigenvalue weighted by atomic mass is 10.1. The molecule has 0 radical (unpaired) electrons. The van der Waals surface area contributed by atoms with Gasteiger partial charge in [-0.1, -0.05) is 66.2 Å². The van der Waals surface area contributed by atoms with E-state index in [-0.39, 0.29) is 0 Å². The summed E-state index contributed by atoms with van der Waals surface area (Å²) in [7, 11) is 0. The molecule has 0 atom stereocenters. The van der Waals surface area contributed by atoms with E-state index in [1.54, 1.807) is 0 Å². The van der Waals surface area contributed by atoms with Gasteiger partial charge < -0.3 is 0 Å². The van der Waals surface area contributed by atoms with Crippen molar-refractivity contribution in [3.63, 3.8) is 0 Å². The zero-order valence-corrected chi connectivity index (χ0v) is 14.2. The van der Waals surface area contributed by atoms with Gasteiger partial charge in [-0.25, -0.2) is 0 Å². The minimum Gasteiger partial charge on any atom is -0.167 e. The average molecular weight is 282 g/mol. The highest BCUT2D eigenvalue weighted by Crippen LogP contribution is 2.25. The van der Waals surface area contributed by atoms with Crippen LogP contribution in [0, 0.1) is 0 Å². The number of allylic oxidation sites excluding steroid dienone is 4. The monoisotopic (exact) mass is 282 g/mol. The van der Waals surface area contributed by atoms with Crippen LogP contribution in [0.5, 0.6) is 0 Å². The van der Waals surface area contributed by atoms with Gasteiger partial charge in [-0.05, 0) is 26.7 Å². The first-order valence-electron chi connectivity index (χ1n) is 7.27. The SMILES string of the molecule is CC.CC.CC.CC/C(C)=C/C/C=C(\C)C(F)(F)F. The van der Waals surface area contributed by atoms with Crippen molar-refractivity contribution < 1.29 is 13.2 Å². The lowest BCUT2D eigenvalue weighted by Crippen LogP contribution is -2.08. The highest BCUT2D eigenvalue weighted by Gasteiger charge is 2.29. The third-order valence-electron chi connectivity index (χ3n) is 1.90. The molecule has 0 aromatic rings. The third-order valence-corrected chi connectivity index (χ3v) is 1.90. The van der Waals surface area contributed by atoms with Crippen molar-refractivity contribution in [1.82, 2.24) is 0 Å². The number of hydrogen-bond donors (Lipinski definition) is 0. The van der Waals surface area contributed by atoms with Crippen LogP contribution in [0.1, 0.15) is 75.2 Å². The zero-order valence-electron chi connectivity index (χ0n) is 14.2. The molecule has 0 saturated heterocycles. The lowest BCUT2D eigenvalue weighted by molar-refractivity contribution is -0.0915. The number of halogens is 3. The summed E-state index contributed by atoms with van der Waals surface area (Å²) in [5, 5.41) is 0. The Morgan fingerprint density at radius 1 is 0.842 bits per heavy atom. The van der Waals surface area contributed by atoms with E-state index in [9.17, 15) is 13.2 Å². The molecule has 0 heterocycles. The molecule has 19 heavy (non-hydrogen) atoms. The molecule has 0 aromatic carbocycles. The Kier molecular flexibility index (Phi) is 27.6. The largest absolute Gasteiger partial charge is 0.412 e. The summed E-state index contributed by atoms with van der Waals surface area (Å²) in [4.78, 5) is 0. The Bertz CT molecular complexity index is 211. The second-order valence-corrected chi connectivity index (χ2v) is 3.02. The molecule has 0 spiro atoms. The Morgan fingerprint density at radius 2 is 1.21 bits per heavy atom. The third kappa shape index (κ3) is 22.9. The maximum Gasteiger partial charge on any atom is 0.412 e. The standard InChI is InChI=1S/C10H15F3.3C2H6/c1-4-8(2)6-5-7-9(3)10(11,12)13;3*1-2/h6-7H,4-5H2,1-3H3;3*1-2H3/b8-6+,9-7+;;;. The fraction of sp³-hybridized carbons (Fsp3) is 0.750. The molecule has 0 N–H and O–H groups in total. The van der Waals surface area contributed by atoms with E-state index in [1.165, 1.54) is 6.08 Å². The first-order valence-corrected chi connectivity index (χ1v) is 7.27. The summed E-state index contributed by atoms with van der Waals surface area (Å²) < 4.78 is 35.9. The predicted octanol–water partition coefficient (Wildman–Crippen LogP) is 7.32. The first kappa shape index (κ1) is 26.8. The zero-order chi connectivity index (χ0) is 16.5. The maximum absolute atomic E-state index is 12.0. The van der Waals surface area contributed by atoms with Gasteiger partial charge in [0.25, 0.3) is 0 Å². The van der Waals surface area contributed by atoms with Crippen molar-refractivity contribution in [2.24, 2.45) is 0 Å². The van der Waals surface area contributed by atoms with Crippen LogP contribution in [0.3, 0.4) is 0 Å². The number of alkyl halides is 3. The van der Waals surface area contributed by atoms with Crippen LogP contribution < -0.4 is 0 Å². The van der Waals surface area contributed by atoms with Gasteiger partial charge in [-0.15, -0.1) is 0 Å². The maximum atomic E-state index is 12.0. The van der Waals surface area contributed by atoms with Gasteiger partial charge in [-0.2, -0.15) is 13.2 Å². The van der Waals surface area contributed by atoms with Crippen LogP contribution in [0.4, 0.5) is 13.2 Å². The molecular weight excluding hydrogens is 249 g/mol. The summed E-state index contributed by atoms with van der Waals surface area (Å²) in [6.07, 6.45) is 0.103. The van der Waals surface area contributed by atoms with Crippen molar-refractivity contribution in [3.8, 4) is 0 Å². The molecule has 0 aromatic heterocycles. The van der Waals surface area contributed by atoms with Crippen LogP contribution in [0.25, 0.3) is 0 Å². The minimum atomic E-state index is -4.17. The average Bonchev–Trinajstić information content (AvgIpc) is 2.44. The van der Waals surface area contributed by atoms with Gasteiger partial charge in [0.05, 0.1) is 0 Å². The quantitative estimate of drug-likeness (QED) is 0.476. The molecule has 0 rings (SSSR count). The van der Waals surface area contributed by atoms with E-state index in [0.29, 0.717) is 6.42 Å². The summed E-state index contributed by atoms with van der Waals surface area (Å²) in [6, 6.07) is 0. The van der Waals surface area contributed by atoms with Crippen LogP contribution in [-0.4, -0.2) is 6.18 Å². The molecular formula is C16H33F3. The van der Waals surface area contributed by atoms with E-state index in [1.807, 2.05) is 61.5 Å². The highest BCUT2D eigenvalue weighted by molar-refractivity contribution is 5.09. The van der Waals surface area contributed by atoms with Crippen LogP contribution in [-0.2, 0) is 0 Å². The molecule has 0 aliphatic rings. The molecule has 0 aliphatic heterocycles. The summed E-state index contributed by atoms with van der Waals surface area (Å²) in [5.41, 5.74) is 0.596. The van der Waals surface area contributed by atoms with E-state index in [2.05, 4.69) is 0 Å². The number of hydrogen-bond acceptors (Lipinski definition) is 0. The fourth-order valence-corrected chi connectivity index (χ4v) is 0.697. The van der Waals surface area contributed by atoms with Gasteiger partial charge in [0.15, 0.2) is 0 Å². The summed E-state index contributed by atoms with van der Waals surface area (Å²) in [5.74, 6) is 0. The van der Waals surface area contributed by atoms with E-state index < -0.39 is 11.7 Å². The van der Waals surface area contributed by atoms with Crippen molar-refractivity contribution in [1.29, 1.82) is 0 Å². The molecule has 0 fully saturated rings. The summed E-state index contributed by atoms with van der Waals surface area (Å²) in [6.45, 7) is 17.0. The van der Waals surface area contributed by atoms with Gasteiger partial charge >= 0.3 is 6.18 Å². The smallest absolute Gasteiger partial charge is 0.167 e. The second-order valence-electron chi connectivity index (χ2n) is 3.02. The lowest BCUT2D eigenvalue weighted by Gasteiger charge is -2.05. The molecule has 0 amide bonds. The molecule has 3 heteroatoms. The van der Waals surface area contributed by atoms with Gasteiger partial charge in [0, 0.05) is 5.57 Å². The first-order chi connectivity index (χ1) is 8.88. The Hall–Kier alpha value is -0.730. The molecule has 0 saturated carbocycles. The minimum absolute atomic E-state index is 0.366. The molecule has 0 unspecified atom stereocenters. The van der Waals surface area contributed by atoms with E-state index in [4.69, 9.17) is 0 Å². The predicted molar refractivity (Wildman–Crippen MR) is 82.5 cm³/mol. The van der Waals surface area contributed by atoms with E-state index in [0.717, 1.165) is 18.9 Å². The topological polar surface area (TPSA) is 0 Å². The fourth-order valence-electron chi connectivity index (χ4n) is 0.697. The van der Waals surface area contributed by atoms with Crippen LogP contribution in [0.2, 0.25) is 0 Å². The van der Waals surface area contributed by atoms with Crippen molar-refractivity contribution in [3.05, 3.63) is 23.3 Å². The van der Waals surface area contributed by atoms with Crippen molar-refractivity contribution in [2.45, 2.75) is 81.3 Å². The van der Waals surface area contributed by atoms with Crippen LogP contribution >= 0.6 is 0 Å². The number of rotatable bonds is 3. The molecule has 0 bridgehead atoms. The Balaban J connectivity index is -0.000000163. The highest BCUT2D eigenvalue weighted by atomic mass is 19.4. The van der Waals surface area contributed by atoms with E-state index >= 15 is 0 Å². The van der Waals surface area contributed by atoms with Crippen molar-refractivity contribution >= 4 is 0 Å². The normalized spacial score (nSPS) is 11.2. The molecule has 0 nitrogen and oxygen atoms in total. The van der Waals surface area contributed by atoms with Crippen LogP contribution in [0.15, 0.2) is 23.3 Å².